The molecule has 2 rings (SSSR count). The third kappa shape index (κ3) is 3.68. The summed E-state index contributed by atoms with van der Waals surface area (Å²) < 4.78 is 5.17. The number of thiophene rings is 1. The van der Waals surface area contributed by atoms with Crippen LogP contribution in [-0.2, 0) is 22.6 Å². The summed E-state index contributed by atoms with van der Waals surface area (Å²) in [5, 5.41) is 1.95. The van der Waals surface area contributed by atoms with Crippen LogP contribution in [-0.4, -0.2) is 12.0 Å². The van der Waals surface area contributed by atoms with Gasteiger partial charge in [-0.25, -0.2) is 0 Å². The van der Waals surface area contributed by atoms with Crippen molar-refractivity contribution < 1.29 is 9.53 Å². The van der Waals surface area contributed by atoms with Crippen molar-refractivity contribution >= 4 is 17.3 Å². The van der Waals surface area contributed by atoms with E-state index in [9.17, 15) is 4.79 Å². The Hall–Kier alpha value is -1.65. The number of hydrogen-bond acceptors (Lipinski definition) is 4. The molecule has 0 fully saturated rings. The maximum atomic E-state index is 11.7. The third-order valence-corrected chi connectivity index (χ3v) is 3.39. The third-order valence-electron chi connectivity index (χ3n) is 2.54. The molecule has 0 aliphatic rings. The fourth-order valence-electron chi connectivity index (χ4n) is 1.60. The van der Waals surface area contributed by atoms with Gasteiger partial charge in [0.15, 0.2) is 0 Å². The highest BCUT2D eigenvalue weighted by molar-refractivity contribution is 7.09. The fraction of sp³-hybridized carbons (Fsp3) is 0.214. The molecule has 94 valence electrons. The van der Waals surface area contributed by atoms with Gasteiger partial charge in [-0.2, -0.15) is 0 Å². The van der Waals surface area contributed by atoms with Crippen LogP contribution in [0, 0.1) is 0 Å². The van der Waals surface area contributed by atoms with E-state index in [0.29, 0.717) is 13.0 Å². The van der Waals surface area contributed by atoms with Gasteiger partial charge < -0.3 is 10.5 Å². The van der Waals surface area contributed by atoms with E-state index in [0.717, 1.165) is 10.4 Å². The molecule has 18 heavy (non-hydrogen) atoms. The summed E-state index contributed by atoms with van der Waals surface area (Å²) in [5.41, 5.74) is 6.86. The number of nitrogens with two attached hydrogens (primary N) is 1. The second-order valence-corrected chi connectivity index (χ2v) is 5.02. The summed E-state index contributed by atoms with van der Waals surface area (Å²) in [6.07, 6.45) is 0.504. The fourth-order valence-corrected chi connectivity index (χ4v) is 2.21. The molecule has 3 nitrogen and oxygen atoms in total. The first kappa shape index (κ1) is 12.8. The smallest absolute Gasteiger partial charge is 0.323 e. The van der Waals surface area contributed by atoms with Gasteiger partial charge >= 0.3 is 5.97 Å². The predicted octanol–water partition coefficient (Wildman–Crippen LogP) is 2.36. The molecule has 1 aromatic carbocycles. The normalized spacial score (nSPS) is 12.1. The Morgan fingerprint density at radius 1 is 1.22 bits per heavy atom. The second kappa shape index (κ2) is 6.33. The maximum Gasteiger partial charge on any atom is 0.323 e. The molecule has 1 atom stereocenters. The molecule has 0 unspecified atom stereocenters. The minimum atomic E-state index is -0.604. The highest BCUT2D eigenvalue weighted by Crippen LogP contribution is 2.10. The zero-order valence-corrected chi connectivity index (χ0v) is 10.7. The van der Waals surface area contributed by atoms with Crippen molar-refractivity contribution in [3.63, 3.8) is 0 Å². The summed E-state index contributed by atoms with van der Waals surface area (Å²) in [4.78, 5) is 12.7. The van der Waals surface area contributed by atoms with Crippen LogP contribution in [0.3, 0.4) is 0 Å². The molecule has 0 radical (unpaired) electrons. The lowest BCUT2D eigenvalue weighted by Crippen LogP contribution is -2.34. The lowest BCUT2D eigenvalue weighted by molar-refractivity contribution is -0.146. The van der Waals surface area contributed by atoms with Crippen molar-refractivity contribution in [2.24, 2.45) is 5.73 Å². The van der Waals surface area contributed by atoms with Gasteiger partial charge in [0.1, 0.15) is 12.6 Å². The van der Waals surface area contributed by atoms with E-state index in [1.165, 1.54) is 0 Å². The van der Waals surface area contributed by atoms with Gasteiger partial charge in [0.25, 0.3) is 0 Å². The summed E-state index contributed by atoms with van der Waals surface area (Å²) in [5.74, 6) is -0.354. The molecule has 1 aromatic heterocycles. The Morgan fingerprint density at radius 2 is 2.00 bits per heavy atom. The molecule has 2 aromatic rings. The summed E-state index contributed by atoms with van der Waals surface area (Å²) in [6, 6.07) is 13.0. The van der Waals surface area contributed by atoms with Crippen molar-refractivity contribution in [2.45, 2.75) is 19.1 Å². The van der Waals surface area contributed by atoms with Crippen molar-refractivity contribution in [1.82, 2.24) is 0 Å². The van der Waals surface area contributed by atoms with Gasteiger partial charge in [-0.3, -0.25) is 4.79 Å². The van der Waals surface area contributed by atoms with Crippen LogP contribution in [0.4, 0.5) is 0 Å². The number of ether oxygens (including phenoxy) is 1. The zero-order valence-electron chi connectivity index (χ0n) is 9.91. The highest BCUT2D eigenvalue weighted by atomic mass is 32.1. The SMILES string of the molecule is N[C@@H](Cc1ccccc1)C(=O)OCc1cccs1. The molecule has 0 saturated heterocycles. The Bertz CT molecular complexity index is 482. The van der Waals surface area contributed by atoms with Gasteiger partial charge in [-0.15, -0.1) is 11.3 Å². The second-order valence-electron chi connectivity index (χ2n) is 3.98. The zero-order chi connectivity index (χ0) is 12.8. The van der Waals surface area contributed by atoms with Crippen LogP contribution in [0.2, 0.25) is 0 Å². The first-order chi connectivity index (χ1) is 8.75. The number of carbonyl (C=O) groups excluding carboxylic acids is 1. The number of benzene rings is 1. The Balaban J connectivity index is 1.82. The van der Waals surface area contributed by atoms with Crippen LogP contribution < -0.4 is 5.73 Å². The van der Waals surface area contributed by atoms with E-state index in [-0.39, 0.29) is 5.97 Å². The Labute approximate surface area is 110 Å². The topological polar surface area (TPSA) is 52.3 Å². The standard InChI is InChI=1S/C14H15NO2S/c15-13(9-11-5-2-1-3-6-11)14(16)17-10-12-7-4-8-18-12/h1-8,13H,9-10,15H2/t13-/m0/s1. The molecule has 0 spiro atoms. The molecule has 0 aliphatic carbocycles. The molecule has 4 heteroatoms. The molecule has 0 saturated carbocycles. The minimum Gasteiger partial charge on any atom is -0.459 e. The Kier molecular flexibility index (Phi) is 4.50. The average molecular weight is 261 g/mol. The number of rotatable bonds is 5. The summed E-state index contributed by atoms with van der Waals surface area (Å²) in [7, 11) is 0. The lowest BCUT2D eigenvalue weighted by Gasteiger charge is -2.10. The first-order valence-electron chi connectivity index (χ1n) is 5.74. The largest absolute Gasteiger partial charge is 0.459 e. The molecule has 0 amide bonds. The van der Waals surface area contributed by atoms with E-state index in [1.807, 2.05) is 47.8 Å². The van der Waals surface area contributed by atoms with Crippen LogP contribution in [0.1, 0.15) is 10.4 Å². The van der Waals surface area contributed by atoms with E-state index >= 15 is 0 Å². The van der Waals surface area contributed by atoms with Crippen LogP contribution in [0.25, 0.3) is 0 Å². The average Bonchev–Trinajstić information content (AvgIpc) is 2.90. The highest BCUT2D eigenvalue weighted by Gasteiger charge is 2.15. The summed E-state index contributed by atoms with van der Waals surface area (Å²) in [6.45, 7) is 0.305. The quantitative estimate of drug-likeness (QED) is 0.841. The van der Waals surface area contributed by atoms with Crippen molar-refractivity contribution in [3.05, 3.63) is 58.3 Å². The van der Waals surface area contributed by atoms with Gasteiger partial charge in [-0.1, -0.05) is 36.4 Å². The molecular formula is C14H15NO2S. The molecule has 0 aliphatic heterocycles. The molecule has 0 bridgehead atoms. The van der Waals surface area contributed by atoms with Gasteiger partial charge in [0, 0.05) is 4.88 Å². The van der Waals surface area contributed by atoms with Gasteiger partial charge in [0.2, 0.25) is 0 Å². The van der Waals surface area contributed by atoms with Crippen molar-refractivity contribution in [2.75, 3.05) is 0 Å². The number of carbonyl (C=O) groups is 1. The molecule has 2 N–H and O–H groups in total. The molecule has 1 heterocycles. The van der Waals surface area contributed by atoms with Crippen molar-refractivity contribution in [1.29, 1.82) is 0 Å². The predicted molar refractivity (Wildman–Crippen MR) is 72.2 cm³/mol. The van der Waals surface area contributed by atoms with E-state index in [2.05, 4.69) is 0 Å². The minimum absolute atomic E-state index is 0.305. The summed E-state index contributed by atoms with van der Waals surface area (Å²) >= 11 is 1.56. The Morgan fingerprint density at radius 3 is 2.67 bits per heavy atom. The van der Waals surface area contributed by atoms with E-state index in [1.54, 1.807) is 11.3 Å². The van der Waals surface area contributed by atoms with E-state index < -0.39 is 6.04 Å². The van der Waals surface area contributed by atoms with E-state index in [4.69, 9.17) is 10.5 Å². The maximum absolute atomic E-state index is 11.7. The van der Waals surface area contributed by atoms with Crippen LogP contribution >= 0.6 is 11.3 Å². The first-order valence-corrected chi connectivity index (χ1v) is 6.62. The molecular weight excluding hydrogens is 246 g/mol. The number of esters is 1. The van der Waals surface area contributed by atoms with Crippen LogP contribution in [0.15, 0.2) is 47.8 Å². The van der Waals surface area contributed by atoms with Crippen molar-refractivity contribution in [3.8, 4) is 0 Å². The number of hydrogen-bond donors (Lipinski definition) is 1. The van der Waals surface area contributed by atoms with Gasteiger partial charge in [-0.05, 0) is 23.4 Å². The van der Waals surface area contributed by atoms with Gasteiger partial charge in [0.05, 0.1) is 0 Å². The lowest BCUT2D eigenvalue weighted by atomic mass is 10.1. The monoisotopic (exact) mass is 261 g/mol. The van der Waals surface area contributed by atoms with Crippen LogP contribution in [0.5, 0.6) is 0 Å².